The van der Waals surface area contributed by atoms with Gasteiger partial charge in [-0.15, -0.1) is 0 Å². The smallest absolute Gasteiger partial charge is 0.244 e. The van der Waals surface area contributed by atoms with E-state index in [0.717, 1.165) is 25.7 Å². The number of amides is 2. The second-order valence-electron chi connectivity index (χ2n) is 4.46. The average Bonchev–Trinajstić information content (AvgIpc) is 2.76. The van der Waals surface area contributed by atoms with Crippen molar-refractivity contribution in [3.8, 4) is 0 Å². The lowest BCUT2D eigenvalue weighted by atomic mass is 9.97. The van der Waals surface area contributed by atoms with Gasteiger partial charge in [-0.2, -0.15) is 0 Å². The first-order chi connectivity index (χ1) is 7.15. The van der Waals surface area contributed by atoms with Gasteiger partial charge in [0.05, 0.1) is 19.1 Å². The van der Waals surface area contributed by atoms with Gasteiger partial charge in [-0.3, -0.25) is 20.2 Å². The summed E-state index contributed by atoms with van der Waals surface area (Å²) in [5, 5.41) is 14.7. The van der Waals surface area contributed by atoms with E-state index < -0.39 is 6.04 Å². The van der Waals surface area contributed by atoms with E-state index in [0.29, 0.717) is 0 Å². The van der Waals surface area contributed by atoms with Crippen molar-refractivity contribution in [2.75, 3.05) is 6.61 Å². The minimum absolute atomic E-state index is 0.0327. The standard InChI is InChI=1S/C10H16N2O3/c13-6-10(3-1-2-4-10)12-7-5-8(14)11-9(7)15/h7,12-13H,1-6H2,(H,11,14,15). The maximum Gasteiger partial charge on any atom is 0.244 e. The Kier molecular flexibility index (Phi) is 2.75. The maximum absolute atomic E-state index is 11.4. The van der Waals surface area contributed by atoms with Crippen LogP contribution in [0.25, 0.3) is 0 Å². The van der Waals surface area contributed by atoms with Gasteiger partial charge in [0.15, 0.2) is 0 Å². The molecule has 5 nitrogen and oxygen atoms in total. The van der Waals surface area contributed by atoms with Crippen molar-refractivity contribution in [3.63, 3.8) is 0 Å². The molecule has 0 spiro atoms. The highest BCUT2D eigenvalue weighted by molar-refractivity contribution is 6.05. The molecular formula is C10H16N2O3. The summed E-state index contributed by atoms with van der Waals surface area (Å²) in [6, 6.07) is -0.456. The van der Waals surface area contributed by atoms with Crippen molar-refractivity contribution in [2.24, 2.45) is 0 Å². The van der Waals surface area contributed by atoms with E-state index in [9.17, 15) is 14.7 Å². The lowest BCUT2D eigenvalue weighted by Gasteiger charge is -2.30. The van der Waals surface area contributed by atoms with E-state index in [2.05, 4.69) is 10.6 Å². The topological polar surface area (TPSA) is 78.4 Å². The number of hydrogen-bond acceptors (Lipinski definition) is 4. The second-order valence-corrected chi connectivity index (χ2v) is 4.46. The maximum atomic E-state index is 11.4. The first kappa shape index (κ1) is 10.6. The van der Waals surface area contributed by atoms with Gasteiger partial charge >= 0.3 is 0 Å². The molecule has 1 heterocycles. The van der Waals surface area contributed by atoms with Crippen LogP contribution in [0.2, 0.25) is 0 Å². The van der Waals surface area contributed by atoms with Crippen LogP contribution in [0.15, 0.2) is 0 Å². The predicted octanol–water partition coefficient (Wildman–Crippen LogP) is -0.704. The van der Waals surface area contributed by atoms with Crippen LogP contribution in [-0.2, 0) is 9.59 Å². The number of rotatable bonds is 3. The Balaban J connectivity index is 2.01. The molecule has 1 aliphatic carbocycles. The molecule has 0 aromatic carbocycles. The van der Waals surface area contributed by atoms with E-state index in [1.807, 2.05) is 0 Å². The number of nitrogens with one attached hydrogen (secondary N) is 2. The molecule has 1 saturated heterocycles. The normalized spacial score (nSPS) is 29.5. The summed E-state index contributed by atoms with van der Waals surface area (Å²) in [6.45, 7) is 0.0327. The summed E-state index contributed by atoms with van der Waals surface area (Å²) in [6.07, 6.45) is 4.08. The highest BCUT2D eigenvalue weighted by Gasteiger charge is 2.40. The van der Waals surface area contributed by atoms with Crippen LogP contribution in [0.1, 0.15) is 32.1 Å². The number of carbonyl (C=O) groups excluding carboxylic acids is 2. The highest BCUT2D eigenvalue weighted by Crippen LogP contribution is 2.30. The van der Waals surface area contributed by atoms with Crippen LogP contribution in [-0.4, -0.2) is 35.1 Å². The van der Waals surface area contributed by atoms with Crippen LogP contribution in [0.4, 0.5) is 0 Å². The Morgan fingerprint density at radius 3 is 2.53 bits per heavy atom. The second kappa shape index (κ2) is 3.90. The number of carbonyl (C=O) groups is 2. The Morgan fingerprint density at radius 1 is 1.40 bits per heavy atom. The van der Waals surface area contributed by atoms with Crippen molar-refractivity contribution >= 4 is 11.8 Å². The number of hydrogen-bond donors (Lipinski definition) is 3. The Hall–Kier alpha value is -0.940. The molecule has 0 aromatic rings. The van der Waals surface area contributed by atoms with Gasteiger partial charge in [0.1, 0.15) is 0 Å². The van der Waals surface area contributed by atoms with Crippen molar-refractivity contribution in [3.05, 3.63) is 0 Å². The van der Waals surface area contributed by atoms with E-state index in [4.69, 9.17) is 0 Å². The molecule has 5 heteroatoms. The van der Waals surface area contributed by atoms with Gasteiger partial charge < -0.3 is 5.11 Å². The SMILES string of the molecule is O=C1CC(NC2(CO)CCCC2)C(=O)N1. The summed E-state index contributed by atoms with van der Waals surface area (Å²) in [4.78, 5) is 22.4. The first-order valence-corrected chi connectivity index (χ1v) is 5.37. The minimum Gasteiger partial charge on any atom is -0.394 e. The zero-order chi connectivity index (χ0) is 10.9. The van der Waals surface area contributed by atoms with Crippen molar-refractivity contribution in [2.45, 2.75) is 43.7 Å². The van der Waals surface area contributed by atoms with E-state index in [1.165, 1.54) is 0 Å². The van der Waals surface area contributed by atoms with Crippen molar-refractivity contribution in [1.29, 1.82) is 0 Å². The Labute approximate surface area is 88.2 Å². The third kappa shape index (κ3) is 2.03. The Bertz CT molecular complexity index is 284. The molecule has 0 bridgehead atoms. The first-order valence-electron chi connectivity index (χ1n) is 5.37. The molecule has 0 radical (unpaired) electrons. The zero-order valence-corrected chi connectivity index (χ0v) is 8.58. The molecule has 2 rings (SSSR count). The molecule has 2 amide bonds. The average molecular weight is 212 g/mol. The number of imide groups is 1. The van der Waals surface area contributed by atoms with Gasteiger partial charge in [-0.25, -0.2) is 0 Å². The lowest BCUT2D eigenvalue weighted by molar-refractivity contribution is -0.125. The third-order valence-corrected chi connectivity index (χ3v) is 3.31. The van der Waals surface area contributed by atoms with Gasteiger partial charge in [-0.1, -0.05) is 12.8 Å². The van der Waals surface area contributed by atoms with Gasteiger partial charge in [0.25, 0.3) is 0 Å². The molecule has 1 unspecified atom stereocenters. The van der Waals surface area contributed by atoms with Gasteiger partial charge in [0, 0.05) is 5.54 Å². The predicted molar refractivity (Wildman–Crippen MR) is 53.0 cm³/mol. The molecule has 84 valence electrons. The Morgan fingerprint density at radius 2 is 2.07 bits per heavy atom. The fourth-order valence-corrected chi connectivity index (χ4v) is 2.44. The molecule has 1 aliphatic heterocycles. The van der Waals surface area contributed by atoms with E-state index in [1.54, 1.807) is 0 Å². The van der Waals surface area contributed by atoms with Crippen LogP contribution < -0.4 is 10.6 Å². The molecule has 2 fully saturated rings. The third-order valence-electron chi connectivity index (χ3n) is 3.31. The molecule has 0 aromatic heterocycles. The highest BCUT2D eigenvalue weighted by atomic mass is 16.3. The summed E-state index contributed by atoms with van der Waals surface area (Å²) in [5.74, 6) is -0.497. The van der Waals surface area contributed by atoms with Gasteiger partial charge in [0.2, 0.25) is 11.8 Å². The van der Waals surface area contributed by atoms with Crippen LogP contribution >= 0.6 is 0 Å². The molecule has 2 aliphatic rings. The number of aliphatic hydroxyl groups is 1. The van der Waals surface area contributed by atoms with Crippen LogP contribution in [0, 0.1) is 0 Å². The zero-order valence-electron chi connectivity index (χ0n) is 8.58. The minimum atomic E-state index is -0.456. The molecule has 1 atom stereocenters. The van der Waals surface area contributed by atoms with Gasteiger partial charge in [-0.05, 0) is 12.8 Å². The van der Waals surface area contributed by atoms with Crippen molar-refractivity contribution < 1.29 is 14.7 Å². The molecule has 15 heavy (non-hydrogen) atoms. The molecule has 1 saturated carbocycles. The van der Waals surface area contributed by atoms with Crippen LogP contribution in [0.3, 0.4) is 0 Å². The monoisotopic (exact) mass is 212 g/mol. The quantitative estimate of drug-likeness (QED) is 0.540. The fourth-order valence-electron chi connectivity index (χ4n) is 2.44. The largest absolute Gasteiger partial charge is 0.394 e. The number of aliphatic hydroxyl groups excluding tert-OH is 1. The van der Waals surface area contributed by atoms with Crippen LogP contribution in [0.5, 0.6) is 0 Å². The summed E-state index contributed by atoms with van der Waals surface area (Å²) in [7, 11) is 0. The molecular weight excluding hydrogens is 196 g/mol. The molecule has 3 N–H and O–H groups in total. The lowest BCUT2D eigenvalue weighted by Crippen LogP contribution is -2.53. The van der Waals surface area contributed by atoms with Crippen molar-refractivity contribution in [1.82, 2.24) is 10.6 Å². The summed E-state index contributed by atoms with van der Waals surface area (Å²) >= 11 is 0. The fraction of sp³-hybridized carbons (Fsp3) is 0.800. The van der Waals surface area contributed by atoms with E-state index >= 15 is 0 Å². The van der Waals surface area contributed by atoms with E-state index in [-0.39, 0.29) is 30.4 Å². The summed E-state index contributed by atoms with van der Waals surface area (Å²) in [5.41, 5.74) is -0.341. The summed E-state index contributed by atoms with van der Waals surface area (Å²) < 4.78 is 0.